The lowest BCUT2D eigenvalue weighted by molar-refractivity contribution is 0.533. The molecule has 0 unspecified atom stereocenters. The number of hydrogen-bond acceptors (Lipinski definition) is 4. The Hall–Kier alpha value is -1.69. The molecule has 0 amide bonds. The van der Waals surface area contributed by atoms with Crippen LogP contribution < -0.4 is 5.73 Å². The monoisotopic (exact) mass is 220 g/mol. The maximum absolute atomic E-state index is 5.94. The van der Waals surface area contributed by atoms with E-state index in [1.807, 2.05) is 37.9 Å². The predicted molar refractivity (Wildman–Crippen MR) is 59.5 cm³/mol. The first-order valence-corrected chi connectivity index (χ1v) is 5.12. The van der Waals surface area contributed by atoms with Crippen molar-refractivity contribution < 1.29 is 0 Å². The molecular formula is C10H16N6. The van der Waals surface area contributed by atoms with Crippen molar-refractivity contribution in [3.05, 3.63) is 30.1 Å². The van der Waals surface area contributed by atoms with Crippen LogP contribution in [-0.2, 0) is 19.1 Å². The van der Waals surface area contributed by atoms with Crippen LogP contribution in [0.25, 0.3) is 0 Å². The molecule has 86 valence electrons. The summed E-state index contributed by atoms with van der Waals surface area (Å²) in [5.74, 6) is 0.936. The summed E-state index contributed by atoms with van der Waals surface area (Å²) >= 11 is 0. The van der Waals surface area contributed by atoms with E-state index in [2.05, 4.69) is 15.3 Å². The Labute approximate surface area is 94.1 Å². The maximum Gasteiger partial charge on any atom is 0.130 e. The molecule has 2 aromatic rings. The van der Waals surface area contributed by atoms with Crippen molar-refractivity contribution in [2.75, 3.05) is 0 Å². The fourth-order valence-corrected chi connectivity index (χ4v) is 1.36. The average molecular weight is 220 g/mol. The molecule has 0 radical (unpaired) electrons. The predicted octanol–water partition coefficient (Wildman–Crippen LogP) is 0.254. The van der Waals surface area contributed by atoms with E-state index in [9.17, 15) is 0 Å². The highest BCUT2D eigenvalue weighted by molar-refractivity contribution is 5.06. The third-order valence-electron chi connectivity index (χ3n) is 2.42. The van der Waals surface area contributed by atoms with Gasteiger partial charge in [-0.05, 0) is 13.8 Å². The van der Waals surface area contributed by atoms with E-state index in [1.165, 1.54) is 0 Å². The van der Waals surface area contributed by atoms with E-state index in [1.54, 1.807) is 10.9 Å². The Morgan fingerprint density at radius 3 is 2.69 bits per heavy atom. The van der Waals surface area contributed by atoms with Gasteiger partial charge in [0.1, 0.15) is 18.1 Å². The molecule has 0 aliphatic carbocycles. The van der Waals surface area contributed by atoms with Gasteiger partial charge in [-0.2, -0.15) is 0 Å². The number of nitrogens with zero attached hydrogens (tertiary/aromatic N) is 5. The summed E-state index contributed by atoms with van der Waals surface area (Å²) in [6, 6.07) is 0. The van der Waals surface area contributed by atoms with Gasteiger partial charge < -0.3 is 10.3 Å². The molecule has 0 fully saturated rings. The Morgan fingerprint density at radius 1 is 1.44 bits per heavy atom. The van der Waals surface area contributed by atoms with Crippen molar-refractivity contribution in [1.29, 1.82) is 0 Å². The molecule has 0 aliphatic rings. The first kappa shape index (κ1) is 10.8. The van der Waals surface area contributed by atoms with Gasteiger partial charge in [0.05, 0.1) is 11.7 Å². The van der Waals surface area contributed by atoms with Gasteiger partial charge in [-0.1, -0.05) is 5.21 Å². The standard InChI is InChI=1S/C10H16N6/c1-10(2,11)8-6-16(14-13-8)7-9-12-4-5-15(9)3/h4-6H,7,11H2,1-3H3. The van der Waals surface area contributed by atoms with Crippen LogP contribution in [0.2, 0.25) is 0 Å². The summed E-state index contributed by atoms with van der Waals surface area (Å²) in [5.41, 5.74) is 6.26. The minimum atomic E-state index is -0.458. The normalized spacial score (nSPS) is 12.0. The largest absolute Gasteiger partial charge is 0.336 e. The Kier molecular flexibility index (Phi) is 2.51. The summed E-state index contributed by atoms with van der Waals surface area (Å²) in [4.78, 5) is 4.23. The maximum atomic E-state index is 5.94. The summed E-state index contributed by atoms with van der Waals surface area (Å²) in [6.45, 7) is 4.41. The SMILES string of the molecule is Cn1ccnc1Cn1cc(C(C)(C)N)nn1. The van der Waals surface area contributed by atoms with Gasteiger partial charge in [0, 0.05) is 19.4 Å². The van der Waals surface area contributed by atoms with Gasteiger partial charge in [-0.15, -0.1) is 5.10 Å². The first-order valence-electron chi connectivity index (χ1n) is 5.12. The molecule has 16 heavy (non-hydrogen) atoms. The van der Waals surface area contributed by atoms with Crippen LogP contribution in [0.1, 0.15) is 25.4 Å². The van der Waals surface area contributed by atoms with Crippen molar-refractivity contribution in [1.82, 2.24) is 24.5 Å². The van der Waals surface area contributed by atoms with Crippen molar-refractivity contribution in [3.63, 3.8) is 0 Å². The van der Waals surface area contributed by atoms with E-state index >= 15 is 0 Å². The third kappa shape index (κ3) is 2.11. The first-order chi connectivity index (χ1) is 7.47. The third-order valence-corrected chi connectivity index (χ3v) is 2.42. The minimum absolute atomic E-state index is 0.458. The average Bonchev–Trinajstić information content (AvgIpc) is 2.76. The van der Waals surface area contributed by atoms with Crippen molar-refractivity contribution in [3.8, 4) is 0 Å². The van der Waals surface area contributed by atoms with E-state index in [0.29, 0.717) is 6.54 Å². The van der Waals surface area contributed by atoms with E-state index in [0.717, 1.165) is 11.5 Å². The fraction of sp³-hybridized carbons (Fsp3) is 0.500. The number of nitrogens with two attached hydrogens (primary N) is 1. The van der Waals surface area contributed by atoms with Crippen LogP contribution in [0.3, 0.4) is 0 Å². The smallest absolute Gasteiger partial charge is 0.130 e. The second kappa shape index (κ2) is 3.71. The zero-order chi connectivity index (χ0) is 11.8. The second-order valence-corrected chi connectivity index (χ2v) is 4.48. The topological polar surface area (TPSA) is 74.5 Å². The van der Waals surface area contributed by atoms with Gasteiger partial charge in [0.15, 0.2) is 0 Å². The van der Waals surface area contributed by atoms with Crippen LogP contribution in [0.5, 0.6) is 0 Å². The molecule has 2 N–H and O–H groups in total. The van der Waals surface area contributed by atoms with Gasteiger partial charge in [0.25, 0.3) is 0 Å². The summed E-state index contributed by atoms with van der Waals surface area (Å²) in [7, 11) is 1.95. The lowest BCUT2D eigenvalue weighted by Crippen LogP contribution is -2.29. The Morgan fingerprint density at radius 2 is 2.19 bits per heavy atom. The molecule has 2 heterocycles. The van der Waals surface area contributed by atoms with Crippen LogP contribution in [0.15, 0.2) is 18.6 Å². The zero-order valence-electron chi connectivity index (χ0n) is 9.75. The molecule has 0 aromatic carbocycles. The van der Waals surface area contributed by atoms with Gasteiger partial charge in [0.2, 0.25) is 0 Å². The summed E-state index contributed by atoms with van der Waals surface area (Å²) in [6.07, 6.45) is 5.52. The van der Waals surface area contributed by atoms with Crippen LogP contribution >= 0.6 is 0 Å². The highest BCUT2D eigenvalue weighted by Crippen LogP contribution is 2.12. The highest BCUT2D eigenvalue weighted by Gasteiger charge is 2.18. The van der Waals surface area contributed by atoms with E-state index < -0.39 is 5.54 Å². The van der Waals surface area contributed by atoms with Gasteiger partial charge >= 0.3 is 0 Å². The van der Waals surface area contributed by atoms with Crippen LogP contribution in [-0.4, -0.2) is 24.5 Å². The molecule has 0 saturated heterocycles. The van der Waals surface area contributed by atoms with Gasteiger partial charge in [-0.25, -0.2) is 9.67 Å². The van der Waals surface area contributed by atoms with Crippen molar-refractivity contribution in [2.45, 2.75) is 25.9 Å². The molecular weight excluding hydrogens is 204 g/mol. The molecule has 0 aliphatic heterocycles. The molecule has 2 rings (SSSR count). The van der Waals surface area contributed by atoms with E-state index in [4.69, 9.17) is 5.73 Å². The van der Waals surface area contributed by atoms with Crippen LogP contribution in [0.4, 0.5) is 0 Å². The van der Waals surface area contributed by atoms with E-state index in [-0.39, 0.29) is 0 Å². The Balaban J connectivity index is 2.18. The highest BCUT2D eigenvalue weighted by atomic mass is 15.4. The lowest BCUT2D eigenvalue weighted by Gasteiger charge is -2.13. The Bertz CT molecular complexity index is 475. The quantitative estimate of drug-likeness (QED) is 0.804. The molecule has 0 saturated carbocycles. The van der Waals surface area contributed by atoms with Crippen molar-refractivity contribution in [2.24, 2.45) is 12.8 Å². The molecule has 0 atom stereocenters. The number of hydrogen-bond donors (Lipinski definition) is 1. The fourth-order valence-electron chi connectivity index (χ4n) is 1.36. The number of imidazole rings is 1. The molecule has 6 heteroatoms. The number of aryl methyl sites for hydroxylation is 1. The van der Waals surface area contributed by atoms with Gasteiger partial charge in [-0.3, -0.25) is 0 Å². The number of rotatable bonds is 3. The molecule has 0 bridgehead atoms. The summed E-state index contributed by atoms with van der Waals surface area (Å²) < 4.78 is 3.70. The van der Waals surface area contributed by atoms with Crippen LogP contribution in [0, 0.1) is 0 Å². The zero-order valence-corrected chi connectivity index (χ0v) is 9.75. The summed E-state index contributed by atoms with van der Waals surface area (Å²) in [5, 5.41) is 8.08. The molecule has 0 spiro atoms. The van der Waals surface area contributed by atoms with Crippen molar-refractivity contribution >= 4 is 0 Å². The second-order valence-electron chi connectivity index (χ2n) is 4.48. The molecule has 2 aromatic heterocycles. The molecule has 6 nitrogen and oxygen atoms in total. The lowest BCUT2D eigenvalue weighted by atomic mass is 10.0. The minimum Gasteiger partial charge on any atom is -0.336 e. The number of aromatic nitrogens is 5.